The van der Waals surface area contributed by atoms with E-state index in [0.717, 1.165) is 19.2 Å². The van der Waals surface area contributed by atoms with Crippen LogP contribution in [0, 0.1) is 11.6 Å². The number of hydrogen-bond acceptors (Lipinski definition) is 3. The van der Waals surface area contributed by atoms with Gasteiger partial charge in [-0.25, -0.2) is 13.6 Å². The molecular weight excluding hydrogens is 340 g/mol. The monoisotopic (exact) mass is 353 g/mol. The van der Waals surface area contributed by atoms with Gasteiger partial charge in [0.2, 0.25) is 0 Å². The van der Waals surface area contributed by atoms with Gasteiger partial charge in [0.15, 0.2) is 11.6 Å². The van der Waals surface area contributed by atoms with Crippen molar-refractivity contribution >= 4 is 23.5 Å². The zero-order valence-corrected chi connectivity index (χ0v) is 13.4. The Balaban J connectivity index is 2.23. The predicted molar refractivity (Wildman–Crippen MR) is 84.8 cm³/mol. The minimum Gasteiger partial charge on any atom is -0.467 e. The van der Waals surface area contributed by atoms with E-state index in [2.05, 4.69) is 10.1 Å². The van der Waals surface area contributed by atoms with E-state index in [1.54, 1.807) is 24.3 Å². The third-order valence-electron chi connectivity index (χ3n) is 3.37. The lowest BCUT2D eigenvalue weighted by Crippen LogP contribution is -2.43. The Hall–Kier alpha value is -2.47. The van der Waals surface area contributed by atoms with Gasteiger partial charge in [0.25, 0.3) is 5.91 Å². The Labute approximate surface area is 142 Å². The number of methoxy groups -OCH3 is 1. The van der Waals surface area contributed by atoms with Gasteiger partial charge in [-0.05, 0) is 23.8 Å². The van der Waals surface area contributed by atoms with Gasteiger partial charge < -0.3 is 10.1 Å². The topological polar surface area (TPSA) is 55.4 Å². The van der Waals surface area contributed by atoms with Gasteiger partial charge in [-0.2, -0.15) is 0 Å². The molecule has 2 aromatic rings. The first-order valence-corrected chi connectivity index (χ1v) is 7.38. The van der Waals surface area contributed by atoms with Crippen molar-refractivity contribution in [3.63, 3.8) is 0 Å². The minimum absolute atomic E-state index is 0.0506. The first-order valence-electron chi connectivity index (χ1n) is 7.00. The van der Waals surface area contributed by atoms with Crippen molar-refractivity contribution in [3.05, 3.63) is 70.2 Å². The Kier molecular flexibility index (Phi) is 5.87. The average molecular weight is 354 g/mol. The number of amides is 1. The quantitative estimate of drug-likeness (QED) is 0.840. The molecule has 0 aliphatic rings. The highest BCUT2D eigenvalue weighted by Crippen LogP contribution is 2.18. The van der Waals surface area contributed by atoms with E-state index in [1.165, 1.54) is 6.07 Å². The van der Waals surface area contributed by atoms with Crippen LogP contribution in [0.3, 0.4) is 0 Å². The average Bonchev–Trinajstić information content (AvgIpc) is 2.57. The van der Waals surface area contributed by atoms with Crippen LogP contribution in [0.15, 0.2) is 42.5 Å². The van der Waals surface area contributed by atoms with Crippen LogP contribution in [0.1, 0.15) is 15.9 Å². The molecule has 4 nitrogen and oxygen atoms in total. The Morgan fingerprint density at radius 3 is 2.54 bits per heavy atom. The van der Waals surface area contributed by atoms with E-state index in [1.807, 2.05) is 0 Å². The molecule has 2 aromatic carbocycles. The molecule has 0 aliphatic carbocycles. The zero-order chi connectivity index (χ0) is 17.7. The smallest absolute Gasteiger partial charge is 0.328 e. The van der Waals surface area contributed by atoms with Crippen LogP contribution < -0.4 is 5.32 Å². The lowest BCUT2D eigenvalue weighted by Gasteiger charge is -2.17. The molecule has 0 spiro atoms. The van der Waals surface area contributed by atoms with Crippen molar-refractivity contribution in [1.82, 2.24) is 5.32 Å². The SMILES string of the molecule is COC(=O)[C@@H](Cc1ccccc1Cl)NC(=O)c1cccc(F)c1F. The van der Waals surface area contributed by atoms with Gasteiger partial charge in [-0.3, -0.25) is 4.79 Å². The number of carbonyl (C=O) groups excluding carboxylic acids is 2. The maximum absolute atomic E-state index is 13.7. The van der Waals surface area contributed by atoms with Crippen LogP contribution in [0.5, 0.6) is 0 Å². The first kappa shape index (κ1) is 17.9. The number of ether oxygens (including phenoxy) is 1. The van der Waals surface area contributed by atoms with Crippen LogP contribution in [0.2, 0.25) is 5.02 Å². The summed E-state index contributed by atoms with van der Waals surface area (Å²) in [5, 5.41) is 2.76. The molecule has 2 rings (SSSR count). The van der Waals surface area contributed by atoms with Crippen LogP contribution >= 0.6 is 11.6 Å². The highest BCUT2D eigenvalue weighted by Gasteiger charge is 2.25. The van der Waals surface area contributed by atoms with Gasteiger partial charge in [-0.1, -0.05) is 35.9 Å². The molecule has 0 saturated heterocycles. The van der Waals surface area contributed by atoms with Gasteiger partial charge in [0, 0.05) is 11.4 Å². The summed E-state index contributed by atoms with van der Waals surface area (Å²) in [5.41, 5.74) is 0.109. The van der Waals surface area contributed by atoms with Crippen LogP contribution in [-0.2, 0) is 16.0 Å². The van der Waals surface area contributed by atoms with Crippen molar-refractivity contribution in [3.8, 4) is 0 Å². The molecule has 0 fully saturated rings. The molecule has 126 valence electrons. The largest absolute Gasteiger partial charge is 0.467 e. The molecule has 0 aliphatic heterocycles. The van der Waals surface area contributed by atoms with Crippen molar-refractivity contribution in [2.45, 2.75) is 12.5 Å². The van der Waals surface area contributed by atoms with Crippen LogP contribution in [0.4, 0.5) is 8.78 Å². The Morgan fingerprint density at radius 2 is 1.88 bits per heavy atom. The standard InChI is InChI=1S/C17H14ClF2NO3/c1-24-17(23)14(9-10-5-2-3-7-12(10)18)21-16(22)11-6-4-8-13(19)15(11)20/h2-8,14H,9H2,1H3,(H,21,22)/t14-/m1/s1. The number of rotatable bonds is 5. The normalized spacial score (nSPS) is 11.7. The summed E-state index contributed by atoms with van der Waals surface area (Å²) in [6, 6.07) is 8.90. The molecule has 24 heavy (non-hydrogen) atoms. The number of benzene rings is 2. The molecule has 0 unspecified atom stereocenters. The van der Waals surface area contributed by atoms with E-state index in [4.69, 9.17) is 11.6 Å². The summed E-state index contributed by atoms with van der Waals surface area (Å²) >= 11 is 6.04. The van der Waals surface area contributed by atoms with Crippen molar-refractivity contribution < 1.29 is 23.1 Å². The maximum Gasteiger partial charge on any atom is 0.328 e. The molecule has 0 radical (unpaired) electrons. The lowest BCUT2D eigenvalue weighted by molar-refractivity contribution is -0.142. The zero-order valence-electron chi connectivity index (χ0n) is 12.7. The molecule has 1 N–H and O–H groups in total. The van der Waals surface area contributed by atoms with Crippen LogP contribution in [-0.4, -0.2) is 25.0 Å². The molecule has 1 atom stereocenters. The van der Waals surface area contributed by atoms with Gasteiger partial charge in [0.05, 0.1) is 12.7 Å². The molecule has 7 heteroatoms. The molecule has 0 heterocycles. The molecule has 0 saturated carbocycles. The van der Waals surface area contributed by atoms with Gasteiger partial charge in [-0.15, -0.1) is 0 Å². The summed E-state index contributed by atoms with van der Waals surface area (Å²) in [6.45, 7) is 0. The third kappa shape index (κ3) is 4.08. The first-order chi connectivity index (χ1) is 11.4. The number of esters is 1. The third-order valence-corrected chi connectivity index (χ3v) is 3.74. The highest BCUT2D eigenvalue weighted by molar-refractivity contribution is 6.31. The summed E-state index contributed by atoms with van der Waals surface area (Å²) in [4.78, 5) is 24.1. The summed E-state index contributed by atoms with van der Waals surface area (Å²) in [7, 11) is 1.16. The molecule has 0 bridgehead atoms. The second kappa shape index (κ2) is 7.88. The van der Waals surface area contributed by atoms with E-state index in [-0.39, 0.29) is 6.42 Å². The highest BCUT2D eigenvalue weighted by atomic mass is 35.5. The number of nitrogens with one attached hydrogen (secondary N) is 1. The number of hydrogen-bond donors (Lipinski definition) is 1. The maximum atomic E-state index is 13.7. The van der Waals surface area contributed by atoms with Crippen molar-refractivity contribution in [1.29, 1.82) is 0 Å². The van der Waals surface area contributed by atoms with Gasteiger partial charge >= 0.3 is 5.97 Å². The molecule has 1 amide bonds. The Morgan fingerprint density at radius 1 is 1.17 bits per heavy atom. The van der Waals surface area contributed by atoms with Crippen LogP contribution in [0.25, 0.3) is 0 Å². The van der Waals surface area contributed by atoms with Gasteiger partial charge in [0.1, 0.15) is 6.04 Å². The van der Waals surface area contributed by atoms with E-state index < -0.39 is 35.1 Å². The van der Waals surface area contributed by atoms with Crippen molar-refractivity contribution in [2.75, 3.05) is 7.11 Å². The van der Waals surface area contributed by atoms with E-state index in [0.29, 0.717) is 10.6 Å². The van der Waals surface area contributed by atoms with Crippen molar-refractivity contribution in [2.24, 2.45) is 0 Å². The number of halogens is 3. The fraction of sp³-hybridized carbons (Fsp3) is 0.176. The second-order valence-electron chi connectivity index (χ2n) is 4.95. The summed E-state index contributed by atoms with van der Waals surface area (Å²) in [5.74, 6) is -4.07. The molecular formula is C17H14ClF2NO3. The molecule has 0 aromatic heterocycles. The fourth-order valence-corrected chi connectivity index (χ4v) is 2.35. The predicted octanol–water partition coefficient (Wildman–Crippen LogP) is 3.13. The number of carbonyl (C=O) groups is 2. The lowest BCUT2D eigenvalue weighted by atomic mass is 10.1. The Bertz CT molecular complexity index is 767. The fourth-order valence-electron chi connectivity index (χ4n) is 2.13. The summed E-state index contributed by atoms with van der Waals surface area (Å²) in [6.07, 6.45) is 0.0506. The minimum atomic E-state index is -1.28. The van der Waals surface area contributed by atoms with E-state index >= 15 is 0 Å². The second-order valence-corrected chi connectivity index (χ2v) is 5.35. The summed E-state index contributed by atoms with van der Waals surface area (Å²) < 4.78 is 31.6. The van der Waals surface area contributed by atoms with E-state index in [9.17, 15) is 18.4 Å².